The lowest BCUT2D eigenvalue weighted by Crippen LogP contribution is -2.42. The predicted octanol–water partition coefficient (Wildman–Crippen LogP) is 2.50. The van der Waals surface area contributed by atoms with Crippen LogP contribution in [0.5, 0.6) is 0 Å². The molecule has 1 heterocycles. The fourth-order valence-corrected chi connectivity index (χ4v) is 2.33. The Labute approximate surface area is 118 Å². The topological polar surface area (TPSA) is 56.7 Å². The molecular weight excluding hydrogens is 255 g/mol. The van der Waals surface area contributed by atoms with E-state index in [2.05, 4.69) is 10.1 Å². The van der Waals surface area contributed by atoms with E-state index in [1.165, 1.54) is 12.4 Å². The first-order valence-electron chi connectivity index (χ1n) is 6.80. The van der Waals surface area contributed by atoms with Gasteiger partial charge in [0.05, 0.1) is 0 Å². The zero-order valence-corrected chi connectivity index (χ0v) is 12.2. The highest BCUT2D eigenvalue weighted by Gasteiger charge is 2.24. The van der Waals surface area contributed by atoms with Crippen LogP contribution in [0.25, 0.3) is 0 Å². The molecule has 4 nitrogen and oxygen atoms in total. The molecule has 0 aliphatic rings. The van der Waals surface area contributed by atoms with Crippen molar-refractivity contribution in [3.05, 3.63) is 47.8 Å². The largest absolute Gasteiger partial charge is 0.325 e. The molecule has 1 aromatic carbocycles. The summed E-state index contributed by atoms with van der Waals surface area (Å²) in [5, 5.41) is 4.20. The predicted molar refractivity (Wildman–Crippen MR) is 76.8 cm³/mol. The molecular formula is C15H21FN4. The molecule has 2 N–H and O–H groups in total. The van der Waals surface area contributed by atoms with Crippen molar-refractivity contribution in [2.45, 2.75) is 45.2 Å². The second kappa shape index (κ2) is 5.71. The molecule has 0 spiro atoms. The van der Waals surface area contributed by atoms with E-state index < -0.39 is 5.54 Å². The number of benzene rings is 1. The average molecular weight is 276 g/mol. The molecule has 0 radical (unpaired) electrons. The van der Waals surface area contributed by atoms with E-state index in [9.17, 15) is 4.39 Å². The van der Waals surface area contributed by atoms with Gasteiger partial charge in [0.15, 0.2) is 0 Å². The second-order valence-electron chi connectivity index (χ2n) is 5.81. The molecule has 20 heavy (non-hydrogen) atoms. The second-order valence-corrected chi connectivity index (χ2v) is 5.81. The number of rotatable bonds is 5. The third-order valence-electron chi connectivity index (χ3n) is 3.25. The summed E-state index contributed by atoms with van der Waals surface area (Å²) in [7, 11) is 0. The van der Waals surface area contributed by atoms with Crippen molar-refractivity contribution < 1.29 is 4.39 Å². The standard InChI is InChI=1S/C15H21FN4/c1-11(2)20-14(18-10-19-20)9-15(3,17)8-12-6-4-5-7-13(12)16/h4-7,10-11H,8-9,17H2,1-3H3. The van der Waals surface area contributed by atoms with Crippen LogP contribution in [0.15, 0.2) is 30.6 Å². The maximum Gasteiger partial charge on any atom is 0.138 e. The molecule has 1 aromatic heterocycles. The Kier molecular flexibility index (Phi) is 4.18. The van der Waals surface area contributed by atoms with Gasteiger partial charge in [-0.3, -0.25) is 0 Å². The highest BCUT2D eigenvalue weighted by Crippen LogP contribution is 2.18. The average Bonchev–Trinajstić information content (AvgIpc) is 2.79. The Morgan fingerprint density at radius 2 is 2.00 bits per heavy atom. The number of aromatic nitrogens is 3. The molecule has 0 fully saturated rings. The van der Waals surface area contributed by atoms with Crippen molar-refractivity contribution in [2.75, 3.05) is 0 Å². The molecule has 0 amide bonds. The van der Waals surface area contributed by atoms with Crippen molar-refractivity contribution >= 4 is 0 Å². The van der Waals surface area contributed by atoms with Gasteiger partial charge in [0.2, 0.25) is 0 Å². The van der Waals surface area contributed by atoms with Crippen LogP contribution in [0.1, 0.15) is 38.2 Å². The van der Waals surface area contributed by atoms with Gasteiger partial charge in [0, 0.05) is 18.0 Å². The van der Waals surface area contributed by atoms with E-state index >= 15 is 0 Å². The normalized spacial score (nSPS) is 14.5. The molecule has 1 atom stereocenters. The zero-order valence-electron chi connectivity index (χ0n) is 12.2. The van der Waals surface area contributed by atoms with Gasteiger partial charge >= 0.3 is 0 Å². The third kappa shape index (κ3) is 3.42. The Morgan fingerprint density at radius 1 is 1.30 bits per heavy atom. The molecule has 5 heteroatoms. The van der Waals surface area contributed by atoms with Crippen LogP contribution in [-0.4, -0.2) is 20.3 Å². The van der Waals surface area contributed by atoms with Crippen LogP contribution in [-0.2, 0) is 12.8 Å². The summed E-state index contributed by atoms with van der Waals surface area (Å²) in [4.78, 5) is 4.26. The molecule has 0 saturated carbocycles. The Balaban J connectivity index is 2.15. The van der Waals surface area contributed by atoms with Gasteiger partial charge in [-0.25, -0.2) is 14.1 Å². The molecule has 2 aromatic rings. The SMILES string of the molecule is CC(C)n1ncnc1CC(C)(N)Cc1ccccc1F. The molecule has 108 valence electrons. The van der Waals surface area contributed by atoms with E-state index in [0.717, 1.165) is 5.82 Å². The van der Waals surface area contributed by atoms with Gasteiger partial charge in [0.1, 0.15) is 18.0 Å². The summed E-state index contributed by atoms with van der Waals surface area (Å²) in [5.74, 6) is 0.621. The van der Waals surface area contributed by atoms with Gasteiger partial charge in [-0.2, -0.15) is 5.10 Å². The monoisotopic (exact) mass is 276 g/mol. The van der Waals surface area contributed by atoms with E-state index in [4.69, 9.17) is 5.73 Å². The van der Waals surface area contributed by atoms with E-state index in [0.29, 0.717) is 18.4 Å². The summed E-state index contributed by atoms with van der Waals surface area (Å²) in [6.45, 7) is 6.00. The van der Waals surface area contributed by atoms with Crippen LogP contribution < -0.4 is 5.73 Å². The fourth-order valence-electron chi connectivity index (χ4n) is 2.33. The van der Waals surface area contributed by atoms with Crippen LogP contribution in [0.4, 0.5) is 4.39 Å². The minimum Gasteiger partial charge on any atom is -0.325 e. The molecule has 0 aliphatic heterocycles. The van der Waals surface area contributed by atoms with Crippen molar-refractivity contribution in [3.8, 4) is 0 Å². The van der Waals surface area contributed by atoms with Gasteiger partial charge in [-0.1, -0.05) is 18.2 Å². The lowest BCUT2D eigenvalue weighted by atomic mass is 9.90. The number of halogens is 1. The Hall–Kier alpha value is -1.75. The smallest absolute Gasteiger partial charge is 0.138 e. The molecule has 2 rings (SSSR count). The van der Waals surface area contributed by atoms with Crippen LogP contribution in [0.3, 0.4) is 0 Å². The first-order chi connectivity index (χ1) is 9.39. The molecule has 0 saturated heterocycles. The number of hydrogen-bond donors (Lipinski definition) is 1. The van der Waals surface area contributed by atoms with Crippen molar-refractivity contribution in [3.63, 3.8) is 0 Å². The quantitative estimate of drug-likeness (QED) is 0.913. The summed E-state index contributed by atoms with van der Waals surface area (Å²) in [6, 6.07) is 6.97. The minimum atomic E-state index is -0.568. The lowest BCUT2D eigenvalue weighted by Gasteiger charge is -2.25. The summed E-state index contributed by atoms with van der Waals surface area (Å²) >= 11 is 0. The first kappa shape index (κ1) is 14.7. The van der Waals surface area contributed by atoms with Crippen LogP contribution in [0, 0.1) is 5.82 Å². The van der Waals surface area contributed by atoms with Crippen LogP contribution in [0.2, 0.25) is 0 Å². The van der Waals surface area contributed by atoms with E-state index in [1.807, 2.05) is 31.5 Å². The number of nitrogens with two attached hydrogens (primary N) is 1. The lowest BCUT2D eigenvalue weighted by molar-refractivity contribution is 0.413. The number of nitrogens with zero attached hydrogens (tertiary/aromatic N) is 3. The summed E-state index contributed by atoms with van der Waals surface area (Å²) in [6.07, 6.45) is 2.55. The minimum absolute atomic E-state index is 0.213. The van der Waals surface area contributed by atoms with E-state index in [1.54, 1.807) is 12.1 Å². The van der Waals surface area contributed by atoms with E-state index in [-0.39, 0.29) is 11.9 Å². The fraction of sp³-hybridized carbons (Fsp3) is 0.467. The number of hydrogen-bond acceptors (Lipinski definition) is 3. The molecule has 0 bridgehead atoms. The maximum absolute atomic E-state index is 13.7. The molecule has 0 aliphatic carbocycles. The maximum atomic E-state index is 13.7. The van der Waals surface area contributed by atoms with Gasteiger partial charge in [0.25, 0.3) is 0 Å². The Morgan fingerprint density at radius 3 is 2.65 bits per heavy atom. The Bertz CT molecular complexity index is 575. The summed E-state index contributed by atoms with van der Waals surface area (Å²) in [5.41, 5.74) is 6.40. The highest BCUT2D eigenvalue weighted by molar-refractivity contribution is 5.20. The highest BCUT2D eigenvalue weighted by atomic mass is 19.1. The van der Waals surface area contributed by atoms with Gasteiger partial charge in [-0.05, 0) is 38.8 Å². The third-order valence-corrected chi connectivity index (χ3v) is 3.25. The van der Waals surface area contributed by atoms with Crippen molar-refractivity contribution in [2.24, 2.45) is 5.73 Å². The van der Waals surface area contributed by atoms with Crippen molar-refractivity contribution in [1.29, 1.82) is 0 Å². The van der Waals surface area contributed by atoms with Gasteiger partial charge < -0.3 is 5.73 Å². The van der Waals surface area contributed by atoms with Crippen molar-refractivity contribution in [1.82, 2.24) is 14.8 Å². The van der Waals surface area contributed by atoms with Gasteiger partial charge in [-0.15, -0.1) is 0 Å². The van der Waals surface area contributed by atoms with Crippen LogP contribution >= 0.6 is 0 Å². The first-order valence-corrected chi connectivity index (χ1v) is 6.80. The zero-order chi connectivity index (χ0) is 14.8. The summed E-state index contributed by atoms with van der Waals surface area (Å²) < 4.78 is 15.6. The molecule has 1 unspecified atom stereocenters.